The highest BCUT2D eigenvalue weighted by Crippen LogP contribution is 2.19. The first-order valence-corrected chi connectivity index (χ1v) is 6.38. The molecule has 0 amide bonds. The van der Waals surface area contributed by atoms with E-state index >= 15 is 0 Å². The number of esters is 1. The van der Waals surface area contributed by atoms with Gasteiger partial charge in [0.1, 0.15) is 12.2 Å². The van der Waals surface area contributed by atoms with Crippen molar-refractivity contribution in [1.29, 1.82) is 0 Å². The summed E-state index contributed by atoms with van der Waals surface area (Å²) in [4.78, 5) is 16.1. The Hall–Kier alpha value is -1.88. The first-order chi connectivity index (χ1) is 9.11. The average molecular weight is 261 g/mol. The molecule has 0 atom stereocenters. The Labute approximate surface area is 112 Å². The average Bonchev–Trinajstić information content (AvgIpc) is 2.68. The van der Waals surface area contributed by atoms with Crippen LogP contribution in [0.2, 0.25) is 0 Å². The fraction of sp³-hybridized carbons (Fsp3) is 0.429. The molecule has 0 unspecified atom stereocenters. The molecular formula is C14H19N3O2. The number of fused-ring (bicyclic) bond motifs is 1. The molecule has 2 aromatic rings. The Morgan fingerprint density at radius 1 is 1.53 bits per heavy atom. The van der Waals surface area contributed by atoms with Crippen LogP contribution in [-0.2, 0) is 22.6 Å². The minimum atomic E-state index is -0.242. The topological polar surface area (TPSA) is 56.2 Å². The molecule has 0 aromatic carbocycles. The van der Waals surface area contributed by atoms with Crippen LogP contribution in [0.3, 0.4) is 0 Å². The van der Waals surface area contributed by atoms with E-state index < -0.39 is 0 Å². The first-order valence-electron chi connectivity index (χ1n) is 6.38. The Bertz CT molecular complexity index is 575. The van der Waals surface area contributed by atoms with Gasteiger partial charge in [0.05, 0.1) is 6.10 Å². The highest BCUT2D eigenvalue weighted by Gasteiger charge is 2.12. The maximum atomic E-state index is 11.7. The van der Waals surface area contributed by atoms with Crippen molar-refractivity contribution in [2.45, 2.75) is 33.0 Å². The number of rotatable bonds is 5. The number of nitrogens with one attached hydrogen (secondary N) is 1. The van der Waals surface area contributed by atoms with Gasteiger partial charge in [-0.15, -0.1) is 0 Å². The number of carbonyl (C=O) groups excluding carboxylic acids is 1. The summed E-state index contributed by atoms with van der Waals surface area (Å²) in [7, 11) is 1.90. The molecule has 0 bridgehead atoms. The second-order valence-corrected chi connectivity index (χ2v) is 4.73. The van der Waals surface area contributed by atoms with E-state index in [1.165, 1.54) is 0 Å². The Morgan fingerprint density at radius 2 is 2.32 bits per heavy atom. The molecule has 0 aliphatic heterocycles. The molecule has 5 nitrogen and oxygen atoms in total. The lowest BCUT2D eigenvalue weighted by molar-refractivity contribution is -0.148. The second-order valence-electron chi connectivity index (χ2n) is 4.73. The zero-order valence-electron chi connectivity index (χ0n) is 11.5. The highest BCUT2D eigenvalue weighted by molar-refractivity contribution is 5.82. The summed E-state index contributed by atoms with van der Waals surface area (Å²) in [6.45, 7) is 4.62. The number of hydrogen-bond acceptors (Lipinski definition) is 4. The lowest BCUT2D eigenvalue weighted by Crippen LogP contribution is -2.17. The maximum absolute atomic E-state index is 11.7. The van der Waals surface area contributed by atoms with E-state index in [0.717, 1.165) is 23.1 Å². The molecule has 0 spiro atoms. The van der Waals surface area contributed by atoms with Gasteiger partial charge < -0.3 is 14.6 Å². The molecule has 0 fully saturated rings. The Morgan fingerprint density at radius 3 is 3.00 bits per heavy atom. The van der Waals surface area contributed by atoms with Gasteiger partial charge in [-0.1, -0.05) is 0 Å². The van der Waals surface area contributed by atoms with Crippen molar-refractivity contribution in [2.75, 3.05) is 7.05 Å². The third-order valence-corrected chi connectivity index (χ3v) is 2.75. The van der Waals surface area contributed by atoms with Gasteiger partial charge in [-0.2, -0.15) is 0 Å². The third kappa shape index (κ3) is 3.12. The number of pyridine rings is 1. The number of nitrogens with zero attached hydrogens (tertiary/aromatic N) is 2. The minimum absolute atomic E-state index is 0.0981. The summed E-state index contributed by atoms with van der Waals surface area (Å²) >= 11 is 0. The van der Waals surface area contributed by atoms with Crippen LogP contribution in [0.15, 0.2) is 24.5 Å². The van der Waals surface area contributed by atoms with E-state index in [1.807, 2.05) is 43.8 Å². The molecule has 0 saturated carbocycles. The smallest absolute Gasteiger partial charge is 0.326 e. The molecule has 2 aromatic heterocycles. The molecule has 2 heterocycles. The fourth-order valence-electron chi connectivity index (χ4n) is 2.09. The van der Waals surface area contributed by atoms with Gasteiger partial charge >= 0.3 is 5.97 Å². The predicted molar refractivity (Wildman–Crippen MR) is 73.7 cm³/mol. The molecule has 102 valence electrons. The Kier molecular flexibility index (Phi) is 4.16. The van der Waals surface area contributed by atoms with E-state index in [0.29, 0.717) is 0 Å². The quantitative estimate of drug-likeness (QED) is 0.832. The van der Waals surface area contributed by atoms with Crippen molar-refractivity contribution in [3.05, 3.63) is 30.1 Å². The molecule has 0 aliphatic carbocycles. The molecule has 0 aliphatic rings. The van der Waals surface area contributed by atoms with Gasteiger partial charge in [-0.3, -0.25) is 4.79 Å². The summed E-state index contributed by atoms with van der Waals surface area (Å²) in [6, 6.07) is 3.91. The van der Waals surface area contributed by atoms with Gasteiger partial charge in [-0.25, -0.2) is 4.98 Å². The van der Waals surface area contributed by atoms with Gasteiger partial charge in [0.15, 0.2) is 0 Å². The molecule has 1 N–H and O–H groups in total. The van der Waals surface area contributed by atoms with Crippen molar-refractivity contribution in [1.82, 2.24) is 14.9 Å². The van der Waals surface area contributed by atoms with Crippen molar-refractivity contribution >= 4 is 17.0 Å². The zero-order chi connectivity index (χ0) is 13.8. The van der Waals surface area contributed by atoms with Crippen molar-refractivity contribution in [2.24, 2.45) is 0 Å². The van der Waals surface area contributed by atoms with E-state index in [9.17, 15) is 4.79 Å². The summed E-state index contributed by atoms with van der Waals surface area (Å²) in [5, 5.41) is 4.18. The van der Waals surface area contributed by atoms with Crippen molar-refractivity contribution in [3.63, 3.8) is 0 Å². The normalized spacial score (nSPS) is 11.2. The largest absolute Gasteiger partial charge is 0.462 e. The van der Waals surface area contributed by atoms with Gasteiger partial charge in [-0.05, 0) is 38.6 Å². The minimum Gasteiger partial charge on any atom is -0.462 e. The van der Waals surface area contributed by atoms with Crippen LogP contribution >= 0.6 is 0 Å². The van der Waals surface area contributed by atoms with Gasteiger partial charge in [0, 0.05) is 24.3 Å². The Balaban J connectivity index is 2.30. The van der Waals surface area contributed by atoms with E-state index in [-0.39, 0.29) is 18.6 Å². The van der Waals surface area contributed by atoms with Crippen LogP contribution in [0.4, 0.5) is 0 Å². The maximum Gasteiger partial charge on any atom is 0.326 e. The lowest BCUT2D eigenvalue weighted by Gasteiger charge is -2.08. The van der Waals surface area contributed by atoms with Crippen LogP contribution in [0.1, 0.15) is 19.4 Å². The van der Waals surface area contributed by atoms with Crippen LogP contribution < -0.4 is 5.32 Å². The number of carbonyl (C=O) groups is 1. The van der Waals surface area contributed by atoms with Gasteiger partial charge in [0.2, 0.25) is 0 Å². The molecule has 0 saturated heterocycles. The molecule has 0 radical (unpaired) electrons. The second kappa shape index (κ2) is 5.84. The number of ether oxygens (including phenoxy) is 1. The number of aromatic nitrogens is 2. The van der Waals surface area contributed by atoms with Crippen molar-refractivity contribution < 1.29 is 9.53 Å². The predicted octanol–water partition coefficient (Wildman–Crippen LogP) is 1.71. The molecule has 5 heteroatoms. The summed E-state index contributed by atoms with van der Waals surface area (Å²) in [6.07, 6.45) is 3.59. The number of hydrogen-bond donors (Lipinski definition) is 1. The lowest BCUT2D eigenvalue weighted by atomic mass is 10.2. The zero-order valence-corrected chi connectivity index (χ0v) is 11.5. The SMILES string of the molecule is CNCc1cn(CC(=O)OC(C)C)c2ncccc12. The van der Waals surface area contributed by atoms with E-state index in [1.54, 1.807) is 6.20 Å². The van der Waals surface area contributed by atoms with E-state index in [2.05, 4.69) is 10.3 Å². The fourth-order valence-corrected chi connectivity index (χ4v) is 2.09. The van der Waals surface area contributed by atoms with Crippen LogP contribution in [-0.4, -0.2) is 28.7 Å². The standard InChI is InChI=1S/C14H19N3O2/c1-10(2)19-13(18)9-17-8-11(7-15-3)12-5-4-6-16-14(12)17/h4-6,8,10,15H,7,9H2,1-3H3. The van der Waals surface area contributed by atoms with Crippen LogP contribution in [0.25, 0.3) is 11.0 Å². The first kappa shape index (κ1) is 13.5. The summed E-state index contributed by atoms with van der Waals surface area (Å²) in [5.41, 5.74) is 1.94. The van der Waals surface area contributed by atoms with E-state index in [4.69, 9.17) is 4.74 Å². The molecule has 19 heavy (non-hydrogen) atoms. The molecule has 2 rings (SSSR count). The monoisotopic (exact) mass is 261 g/mol. The van der Waals surface area contributed by atoms with Gasteiger partial charge in [0.25, 0.3) is 0 Å². The van der Waals surface area contributed by atoms with Crippen molar-refractivity contribution in [3.8, 4) is 0 Å². The third-order valence-electron chi connectivity index (χ3n) is 2.75. The van der Waals surface area contributed by atoms with Crippen LogP contribution in [0.5, 0.6) is 0 Å². The summed E-state index contributed by atoms with van der Waals surface area (Å²) in [5.74, 6) is -0.242. The van der Waals surface area contributed by atoms with Crippen LogP contribution in [0, 0.1) is 0 Å². The summed E-state index contributed by atoms with van der Waals surface area (Å²) < 4.78 is 7.01. The molecular weight excluding hydrogens is 242 g/mol. The highest BCUT2D eigenvalue weighted by atomic mass is 16.5.